The molecule has 104 valence electrons. The van der Waals surface area contributed by atoms with Gasteiger partial charge in [-0.15, -0.1) is 0 Å². The van der Waals surface area contributed by atoms with Crippen molar-refractivity contribution in [3.05, 3.63) is 29.3 Å². The second kappa shape index (κ2) is 6.66. The van der Waals surface area contributed by atoms with Gasteiger partial charge in [0.2, 0.25) is 0 Å². The van der Waals surface area contributed by atoms with Crippen molar-refractivity contribution in [2.24, 2.45) is 0 Å². The number of urea groups is 1. The van der Waals surface area contributed by atoms with Gasteiger partial charge in [0.1, 0.15) is 0 Å². The Balaban J connectivity index is 1.85. The van der Waals surface area contributed by atoms with E-state index < -0.39 is 0 Å². The van der Waals surface area contributed by atoms with E-state index in [1.54, 1.807) is 0 Å². The van der Waals surface area contributed by atoms with Gasteiger partial charge in [0, 0.05) is 43.4 Å². The minimum atomic E-state index is 0.0533. The molecule has 1 N–H and O–H groups in total. The number of benzene rings is 1. The Hall–Kier alpha value is -1.42. The molecule has 1 fully saturated rings. The number of rotatable bonds is 3. The molecule has 2 amide bonds. The van der Waals surface area contributed by atoms with E-state index >= 15 is 0 Å². The molecule has 5 heteroatoms. The molecule has 1 aromatic carbocycles. The zero-order valence-electron chi connectivity index (χ0n) is 11.2. The van der Waals surface area contributed by atoms with Crippen molar-refractivity contribution in [2.75, 3.05) is 37.6 Å². The SMILES string of the molecule is CCCNC(=O)N1CCN(c2ccc(Cl)cc2)CC1. The summed E-state index contributed by atoms with van der Waals surface area (Å²) < 4.78 is 0. The normalized spacial score (nSPS) is 15.5. The number of piperazine rings is 1. The van der Waals surface area contributed by atoms with Crippen molar-refractivity contribution in [1.29, 1.82) is 0 Å². The molecule has 0 aliphatic carbocycles. The van der Waals surface area contributed by atoms with Gasteiger partial charge in [0.05, 0.1) is 0 Å². The van der Waals surface area contributed by atoms with Crippen molar-refractivity contribution in [3.63, 3.8) is 0 Å². The number of halogens is 1. The van der Waals surface area contributed by atoms with Crippen molar-refractivity contribution < 1.29 is 4.79 Å². The third-order valence-corrected chi connectivity index (χ3v) is 3.54. The monoisotopic (exact) mass is 281 g/mol. The van der Waals surface area contributed by atoms with Crippen LogP contribution in [0.2, 0.25) is 5.02 Å². The predicted molar refractivity (Wildman–Crippen MR) is 78.9 cm³/mol. The average Bonchev–Trinajstić information content (AvgIpc) is 2.46. The zero-order valence-corrected chi connectivity index (χ0v) is 12.0. The topological polar surface area (TPSA) is 35.6 Å². The van der Waals surface area contributed by atoms with Crippen LogP contribution in [-0.4, -0.2) is 43.7 Å². The Kier molecular flexibility index (Phi) is 4.91. The second-order valence-electron chi connectivity index (χ2n) is 4.68. The first-order valence-corrected chi connectivity index (χ1v) is 7.12. The Bertz CT molecular complexity index is 413. The molecule has 1 heterocycles. The van der Waals surface area contributed by atoms with Crippen LogP contribution in [0.4, 0.5) is 10.5 Å². The van der Waals surface area contributed by atoms with Crippen molar-refractivity contribution in [2.45, 2.75) is 13.3 Å². The van der Waals surface area contributed by atoms with Crippen LogP contribution in [0, 0.1) is 0 Å². The largest absolute Gasteiger partial charge is 0.368 e. The van der Waals surface area contributed by atoms with E-state index in [2.05, 4.69) is 17.1 Å². The number of anilines is 1. The van der Waals surface area contributed by atoms with Crippen LogP contribution >= 0.6 is 11.6 Å². The molecule has 0 atom stereocenters. The summed E-state index contributed by atoms with van der Waals surface area (Å²) in [6, 6.07) is 7.90. The third kappa shape index (κ3) is 3.77. The molecule has 0 saturated carbocycles. The molecule has 1 saturated heterocycles. The van der Waals surface area contributed by atoms with Gasteiger partial charge < -0.3 is 15.1 Å². The van der Waals surface area contributed by atoms with E-state index in [1.807, 2.05) is 29.2 Å². The molecule has 0 unspecified atom stereocenters. The summed E-state index contributed by atoms with van der Waals surface area (Å²) in [5.41, 5.74) is 1.16. The number of hydrogen-bond donors (Lipinski definition) is 1. The standard InChI is InChI=1S/C14H20ClN3O/c1-2-7-16-14(19)18-10-8-17(9-11-18)13-5-3-12(15)4-6-13/h3-6H,2,7-11H2,1H3,(H,16,19). The predicted octanol–water partition coefficient (Wildman–Crippen LogP) is 2.58. The molecule has 19 heavy (non-hydrogen) atoms. The molecule has 0 bridgehead atoms. The first kappa shape index (κ1) is 14.0. The van der Waals surface area contributed by atoms with Crippen LogP contribution in [0.15, 0.2) is 24.3 Å². The van der Waals surface area contributed by atoms with Gasteiger partial charge in [0.25, 0.3) is 0 Å². The van der Waals surface area contributed by atoms with Gasteiger partial charge >= 0.3 is 6.03 Å². The van der Waals surface area contributed by atoms with E-state index in [4.69, 9.17) is 11.6 Å². The third-order valence-electron chi connectivity index (χ3n) is 3.28. The number of carbonyl (C=O) groups excluding carboxylic acids is 1. The molecular weight excluding hydrogens is 262 g/mol. The second-order valence-corrected chi connectivity index (χ2v) is 5.12. The van der Waals surface area contributed by atoms with Crippen molar-refractivity contribution in [3.8, 4) is 0 Å². The van der Waals surface area contributed by atoms with Crippen LogP contribution in [0.1, 0.15) is 13.3 Å². The van der Waals surface area contributed by atoms with Crippen molar-refractivity contribution >= 4 is 23.3 Å². The van der Waals surface area contributed by atoms with Crippen LogP contribution in [0.25, 0.3) is 0 Å². The molecule has 2 rings (SSSR count). The maximum absolute atomic E-state index is 11.8. The summed E-state index contributed by atoms with van der Waals surface area (Å²) in [5.74, 6) is 0. The van der Waals surface area contributed by atoms with E-state index in [-0.39, 0.29) is 6.03 Å². The summed E-state index contributed by atoms with van der Waals surface area (Å²) in [5, 5.41) is 3.67. The lowest BCUT2D eigenvalue weighted by Gasteiger charge is -2.36. The van der Waals surface area contributed by atoms with Crippen molar-refractivity contribution in [1.82, 2.24) is 10.2 Å². The number of hydrogen-bond acceptors (Lipinski definition) is 2. The average molecular weight is 282 g/mol. The fourth-order valence-corrected chi connectivity index (χ4v) is 2.29. The molecule has 4 nitrogen and oxygen atoms in total. The fraction of sp³-hybridized carbons (Fsp3) is 0.500. The summed E-state index contributed by atoms with van der Waals surface area (Å²) in [4.78, 5) is 16.0. The number of nitrogens with zero attached hydrogens (tertiary/aromatic N) is 2. The van der Waals surface area contributed by atoms with Gasteiger partial charge in [-0.3, -0.25) is 0 Å². The maximum atomic E-state index is 11.8. The quantitative estimate of drug-likeness (QED) is 0.924. The lowest BCUT2D eigenvalue weighted by Crippen LogP contribution is -2.52. The molecule has 1 aromatic rings. The van der Waals surface area contributed by atoms with Gasteiger partial charge in [-0.25, -0.2) is 4.79 Å². The molecule has 1 aliphatic rings. The van der Waals surface area contributed by atoms with E-state index in [0.717, 1.165) is 49.9 Å². The molecule has 0 spiro atoms. The Labute approximate surface area is 119 Å². The minimum Gasteiger partial charge on any atom is -0.368 e. The highest BCUT2D eigenvalue weighted by molar-refractivity contribution is 6.30. The highest BCUT2D eigenvalue weighted by Crippen LogP contribution is 2.19. The van der Waals surface area contributed by atoms with Gasteiger partial charge in [-0.2, -0.15) is 0 Å². The Morgan fingerprint density at radius 2 is 1.84 bits per heavy atom. The number of amides is 2. The highest BCUT2D eigenvalue weighted by Gasteiger charge is 2.20. The van der Waals surface area contributed by atoms with E-state index in [1.165, 1.54) is 0 Å². The zero-order chi connectivity index (χ0) is 13.7. The smallest absolute Gasteiger partial charge is 0.317 e. The molecule has 0 aromatic heterocycles. The molecule has 1 aliphatic heterocycles. The highest BCUT2D eigenvalue weighted by atomic mass is 35.5. The Morgan fingerprint density at radius 1 is 1.21 bits per heavy atom. The summed E-state index contributed by atoms with van der Waals surface area (Å²) in [6.07, 6.45) is 0.969. The maximum Gasteiger partial charge on any atom is 0.317 e. The van der Waals surface area contributed by atoms with Crippen LogP contribution in [-0.2, 0) is 0 Å². The van der Waals surface area contributed by atoms with Crippen LogP contribution in [0.5, 0.6) is 0 Å². The van der Waals surface area contributed by atoms with E-state index in [0.29, 0.717) is 0 Å². The lowest BCUT2D eigenvalue weighted by molar-refractivity contribution is 0.194. The molecule has 0 radical (unpaired) electrons. The number of carbonyl (C=O) groups is 1. The summed E-state index contributed by atoms with van der Waals surface area (Å²) in [6.45, 7) is 6.05. The lowest BCUT2D eigenvalue weighted by atomic mass is 10.2. The van der Waals surface area contributed by atoms with E-state index in [9.17, 15) is 4.79 Å². The first-order valence-electron chi connectivity index (χ1n) is 6.74. The van der Waals surface area contributed by atoms with Gasteiger partial charge in [-0.05, 0) is 30.7 Å². The summed E-state index contributed by atoms with van der Waals surface area (Å²) in [7, 11) is 0. The van der Waals surface area contributed by atoms with Crippen LogP contribution < -0.4 is 10.2 Å². The fourth-order valence-electron chi connectivity index (χ4n) is 2.16. The minimum absolute atomic E-state index is 0.0533. The summed E-state index contributed by atoms with van der Waals surface area (Å²) >= 11 is 5.88. The Morgan fingerprint density at radius 3 is 2.42 bits per heavy atom. The molecular formula is C14H20ClN3O. The first-order chi connectivity index (χ1) is 9.20. The van der Waals surface area contributed by atoms with Gasteiger partial charge in [0.15, 0.2) is 0 Å². The van der Waals surface area contributed by atoms with Gasteiger partial charge in [-0.1, -0.05) is 18.5 Å². The van der Waals surface area contributed by atoms with Crippen LogP contribution in [0.3, 0.4) is 0 Å². The number of nitrogens with one attached hydrogen (secondary N) is 1.